The molecule has 1 rings (SSSR count). The van der Waals surface area contributed by atoms with Crippen LogP contribution >= 0.6 is 15.9 Å². The van der Waals surface area contributed by atoms with E-state index in [1.807, 2.05) is 6.08 Å². The molecule has 94 valence electrons. The van der Waals surface area contributed by atoms with E-state index in [0.29, 0.717) is 0 Å². The standard InChI is InChI=1S/C14H21BrOSi/c1-6-8-14(7-2)9-11(15)13(16)12(10-14)17(3,4)5/h6,9-10H,1,7-8H2,2-5H3. The smallest absolute Gasteiger partial charge is 0.191 e. The van der Waals surface area contributed by atoms with Crippen molar-refractivity contribution in [3.05, 3.63) is 34.5 Å². The molecule has 3 heteroatoms. The Morgan fingerprint density at radius 2 is 2.00 bits per heavy atom. The zero-order valence-electron chi connectivity index (χ0n) is 11.1. The Hall–Kier alpha value is -0.413. The number of carbonyl (C=O) groups is 1. The maximum absolute atomic E-state index is 12.2. The summed E-state index contributed by atoms with van der Waals surface area (Å²) in [6, 6.07) is 0. The number of hydrogen-bond acceptors (Lipinski definition) is 1. The lowest BCUT2D eigenvalue weighted by Gasteiger charge is -2.33. The van der Waals surface area contributed by atoms with Gasteiger partial charge in [0.2, 0.25) is 0 Å². The molecule has 0 aromatic rings. The summed E-state index contributed by atoms with van der Waals surface area (Å²) < 4.78 is 0.723. The molecule has 0 aromatic carbocycles. The second kappa shape index (κ2) is 5.07. The maximum atomic E-state index is 12.2. The van der Waals surface area contributed by atoms with Gasteiger partial charge in [-0.2, -0.15) is 0 Å². The van der Waals surface area contributed by atoms with Crippen molar-refractivity contribution in [1.29, 1.82) is 0 Å². The number of Topliss-reactive ketones (excluding diaryl/α,β-unsaturated/α-hetero) is 1. The Morgan fingerprint density at radius 3 is 2.41 bits per heavy atom. The van der Waals surface area contributed by atoms with Gasteiger partial charge in [0.15, 0.2) is 5.78 Å². The van der Waals surface area contributed by atoms with Gasteiger partial charge in [-0.3, -0.25) is 4.79 Å². The zero-order valence-corrected chi connectivity index (χ0v) is 13.7. The van der Waals surface area contributed by atoms with Gasteiger partial charge in [0.25, 0.3) is 0 Å². The first-order valence-electron chi connectivity index (χ1n) is 6.03. The summed E-state index contributed by atoms with van der Waals surface area (Å²) in [6.07, 6.45) is 8.08. The number of rotatable bonds is 4. The van der Waals surface area contributed by atoms with E-state index in [4.69, 9.17) is 0 Å². The van der Waals surface area contributed by atoms with Gasteiger partial charge in [0.05, 0.1) is 12.6 Å². The van der Waals surface area contributed by atoms with Crippen molar-refractivity contribution in [3.8, 4) is 0 Å². The molecule has 0 saturated carbocycles. The van der Waals surface area contributed by atoms with Crippen molar-refractivity contribution >= 4 is 29.8 Å². The van der Waals surface area contributed by atoms with Crippen molar-refractivity contribution in [3.63, 3.8) is 0 Å². The molecule has 0 heterocycles. The van der Waals surface area contributed by atoms with Crippen molar-refractivity contribution in [2.75, 3.05) is 0 Å². The van der Waals surface area contributed by atoms with Crippen molar-refractivity contribution in [2.45, 2.75) is 39.4 Å². The number of allylic oxidation sites excluding steroid dienone is 5. The predicted molar refractivity (Wildman–Crippen MR) is 81.0 cm³/mol. The lowest BCUT2D eigenvalue weighted by Crippen LogP contribution is -2.34. The van der Waals surface area contributed by atoms with Gasteiger partial charge >= 0.3 is 0 Å². The quantitative estimate of drug-likeness (QED) is 0.546. The molecule has 0 aromatic heterocycles. The number of ketones is 1. The highest BCUT2D eigenvalue weighted by molar-refractivity contribution is 9.12. The Morgan fingerprint density at radius 1 is 1.41 bits per heavy atom. The molecule has 0 fully saturated rings. The normalized spacial score (nSPS) is 25.4. The van der Waals surface area contributed by atoms with Crippen LogP contribution in [0.25, 0.3) is 0 Å². The van der Waals surface area contributed by atoms with Crippen LogP contribution < -0.4 is 0 Å². The van der Waals surface area contributed by atoms with Crippen LogP contribution in [-0.4, -0.2) is 13.9 Å². The highest BCUT2D eigenvalue weighted by Crippen LogP contribution is 2.40. The third-order valence-electron chi connectivity index (χ3n) is 3.30. The van der Waals surface area contributed by atoms with E-state index in [9.17, 15) is 4.79 Å². The van der Waals surface area contributed by atoms with E-state index < -0.39 is 8.07 Å². The summed E-state index contributed by atoms with van der Waals surface area (Å²) in [5.74, 6) is 0.178. The first kappa shape index (κ1) is 14.6. The maximum Gasteiger partial charge on any atom is 0.191 e. The molecule has 1 aliphatic carbocycles. The number of carbonyl (C=O) groups excluding carboxylic acids is 1. The van der Waals surface area contributed by atoms with Crippen molar-refractivity contribution in [2.24, 2.45) is 5.41 Å². The third-order valence-corrected chi connectivity index (χ3v) is 5.87. The zero-order chi connectivity index (χ0) is 13.3. The first-order chi connectivity index (χ1) is 7.75. The Bertz CT molecular complexity index is 401. The molecule has 17 heavy (non-hydrogen) atoms. The first-order valence-corrected chi connectivity index (χ1v) is 10.3. The van der Waals surface area contributed by atoms with Crippen molar-refractivity contribution < 1.29 is 4.79 Å². The van der Waals surface area contributed by atoms with Crippen LogP contribution in [0, 0.1) is 5.41 Å². The molecule has 1 atom stereocenters. The Kier molecular flexibility index (Phi) is 4.36. The van der Waals surface area contributed by atoms with E-state index >= 15 is 0 Å². The molecule has 1 nitrogen and oxygen atoms in total. The fraction of sp³-hybridized carbons (Fsp3) is 0.500. The van der Waals surface area contributed by atoms with Crippen LogP contribution in [0.3, 0.4) is 0 Å². The lowest BCUT2D eigenvalue weighted by atomic mass is 9.78. The molecule has 0 amide bonds. The average molecular weight is 313 g/mol. The number of hydrogen-bond donors (Lipinski definition) is 0. The Labute approximate surface area is 114 Å². The largest absolute Gasteiger partial charge is 0.289 e. The molecular formula is C14H21BrOSi. The van der Waals surface area contributed by atoms with Crippen molar-refractivity contribution in [1.82, 2.24) is 0 Å². The van der Waals surface area contributed by atoms with Crippen LogP contribution in [0.4, 0.5) is 0 Å². The summed E-state index contributed by atoms with van der Waals surface area (Å²) in [5.41, 5.74) is -0.0237. The van der Waals surface area contributed by atoms with Gasteiger partial charge in [0.1, 0.15) is 0 Å². The highest BCUT2D eigenvalue weighted by atomic mass is 79.9. The predicted octanol–water partition coefficient (Wildman–Crippen LogP) is 4.62. The molecule has 0 aliphatic heterocycles. The monoisotopic (exact) mass is 312 g/mol. The summed E-state index contributed by atoms with van der Waals surface area (Å²) in [4.78, 5) is 12.2. The minimum absolute atomic E-state index is 0.0237. The highest BCUT2D eigenvalue weighted by Gasteiger charge is 2.36. The van der Waals surface area contributed by atoms with Gasteiger partial charge in [-0.05, 0) is 34.0 Å². The minimum Gasteiger partial charge on any atom is -0.289 e. The van der Waals surface area contributed by atoms with Gasteiger partial charge in [-0.25, -0.2) is 0 Å². The SMILES string of the molecule is C=CCC1(CC)C=C(Br)C(=O)C([Si](C)(C)C)=C1. The second-order valence-electron chi connectivity index (χ2n) is 5.71. The summed E-state index contributed by atoms with van der Waals surface area (Å²) >= 11 is 3.43. The van der Waals surface area contributed by atoms with Crippen LogP contribution in [-0.2, 0) is 4.79 Å². The van der Waals surface area contributed by atoms with Crippen LogP contribution in [0.15, 0.2) is 34.5 Å². The fourth-order valence-electron chi connectivity index (χ4n) is 2.13. The van der Waals surface area contributed by atoms with E-state index in [1.54, 1.807) is 0 Å². The Balaban J connectivity index is 3.30. The van der Waals surface area contributed by atoms with Gasteiger partial charge in [-0.15, -0.1) is 6.58 Å². The molecule has 1 unspecified atom stereocenters. The van der Waals surface area contributed by atoms with Crippen LogP contribution in [0.5, 0.6) is 0 Å². The molecule has 1 aliphatic rings. The minimum atomic E-state index is -1.59. The molecule has 0 spiro atoms. The van der Waals surface area contributed by atoms with E-state index in [1.165, 1.54) is 0 Å². The summed E-state index contributed by atoms with van der Waals surface area (Å²) in [7, 11) is -1.59. The van der Waals surface area contributed by atoms with Gasteiger partial charge in [-0.1, -0.05) is 44.8 Å². The summed E-state index contributed by atoms with van der Waals surface area (Å²) in [5, 5.41) is 1.04. The molecular weight excluding hydrogens is 292 g/mol. The van der Waals surface area contributed by atoms with E-state index in [2.05, 4.69) is 61.2 Å². The lowest BCUT2D eigenvalue weighted by molar-refractivity contribution is -0.111. The summed E-state index contributed by atoms with van der Waals surface area (Å²) in [6.45, 7) is 12.6. The number of halogens is 1. The second-order valence-corrected chi connectivity index (χ2v) is 11.6. The van der Waals surface area contributed by atoms with Gasteiger partial charge in [0, 0.05) is 5.41 Å². The average Bonchev–Trinajstić information content (AvgIpc) is 2.22. The van der Waals surface area contributed by atoms with E-state index in [-0.39, 0.29) is 11.2 Å². The van der Waals surface area contributed by atoms with Crippen LogP contribution in [0.2, 0.25) is 19.6 Å². The fourth-order valence-corrected chi connectivity index (χ4v) is 4.52. The molecule has 0 radical (unpaired) electrons. The topological polar surface area (TPSA) is 17.1 Å². The van der Waals surface area contributed by atoms with E-state index in [0.717, 1.165) is 22.5 Å². The molecule has 0 bridgehead atoms. The third kappa shape index (κ3) is 3.08. The van der Waals surface area contributed by atoms with Crippen LogP contribution in [0.1, 0.15) is 19.8 Å². The molecule has 0 N–H and O–H groups in total. The van der Waals surface area contributed by atoms with Gasteiger partial charge < -0.3 is 0 Å². The molecule has 0 saturated heterocycles.